The summed E-state index contributed by atoms with van der Waals surface area (Å²) in [6.45, 7) is 0. The minimum Gasteiger partial charge on any atom is -0.497 e. The van der Waals surface area contributed by atoms with Gasteiger partial charge in [-0.05, 0) is 60.7 Å². The van der Waals surface area contributed by atoms with Gasteiger partial charge in [-0.2, -0.15) is 0 Å². The molecule has 1 amide bonds. The van der Waals surface area contributed by atoms with E-state index in [1.54, 1.807) is 54.6 Å². The van der Waals surface area contributed by atoms with Crippen LogP contribution in [0.25, 0.3) is 0 Å². The summed E-state index contributed by atoms with van der Waals surface area (Å²) in [7, 11) is 1.54. The maximum atomic E-state index is 13.2. The number of nitro groups is 1. The monoisotopic (exact) mass is 510 g/mol. The van der Waals surface area contributed by atoms with Gasteiger partial charge in [0.2, 0.25) is 5.78 Å². The fraction of sp³-hybridized carbons (Fsp3) is 0.0690. The maximum Gasteiger partial charge on any atom is 0.339 e. The van der Waals surface area contributed by atoms with Crippen LogP contribution in [0, 0.1) is 10.1 Å². The van der Waals surface area contributed by atoms with E-state index in [0.29, 0.717) is 28.1 Å². The van der Waals surface area contributed by atoms with Crippen molar-refractivity contribution in [3.8, 4) is 5.75 Å². The summed E-state index contributed by atoms with van der Waals surface area (Å²) < 4.78 is 10.7. The SMILES string of the molecule is COc1ccc(C(=O)Nc2ccc(C(=O)O[C@@H](C(=O)c3ccccc3)c3ccc([N+](=O)[O-])cc3)cc2)cc1. The average molecular weight is 511 g/mol. The predicted molar refractivity (Wildman–Crippen MR) is 139 cm³/mol. The third kappa shape index (κ3) is 6.08. The molecule has 190 valence electrons. The summed E-state index contributed by atoms with van der Waals surface area (Å²) in [6.07, 6.45) is -1.32. The van der Waals surface area contributed by atoms with Gasteiger partial charge < -0.3 is 14.8 Å². The number of anilines is 1. The minimum atomic E-state index is -1.32. The number of nitro benzene ring substituents is 1. The molecule has 9 nitrogen and oxygen atoms in total. The molecule has 0 fully saturated rings. The predicted octanol–water partition coefficient (Wildman–Crippen LogP) is 5.64. The zero-order valence-electron chi connectivity index (χ0n) is 20.2. The molecule has 0 aliphatic heterocycles. The molecule has 0 aromatic heterocycles. The van der Waals surface area contributed by atoms with Gasteiger partial charge >= 0.3 is 5.97 Å². The molecule has 0 bridgehead atoms. The number of nitrogens with one attached hydrogen (secondary N) is 1. The lowest BCUT2D eigenvalue weighted by Gasteiger charge is -2.18. The van der Waals surface area contributed by atoms with E-state index in [0.717, 1.165) is 0 Å². The Morgan fingerprint density at radius 1 is 0.763 bits per heavy atom. The maximum absolute atomic E-state index is 13.2. The molecule has 0 heterocycles. The second-order valence-corrected chi connectivity index (χ2v) is 8.12. The van der Waals surface area contributed by atoms with E-state index in [-0.39, 0.29) is 17.2 Å². The Morgan fingerprint density at radius 3 is 1.95 bits per heavy atom. The summed E-state index contributed by atoms with van der Waals surface area (Å²) in [6, 6.07) is 26.2. The van der Waals surface area contributed by atoms with Gasteiger partial charge in [-0.3, -0.25) is 19.7 Å². The third-order valence-corrected chi connectivity index (χ3v) is 5.66. The lowest BCUT2D eigenvalue weighted by atomic mass is 9.99. The molecule has 0 saturated carbocycles. The van der Waals surface area contributed by atoms with Crippen LogP contribution in [0.15, 0.2) is 103 Å². The fourth-order valence-corrected chi connectivity index (χ4v) is 3.61. The highest BCUT2D eigenvalue weighted by Gasteiger charge is 2.27. The Balaban J connectivity index is 1.51. The summed E-state index contributed by atoms with van der Waals surface area (Å²) in [5, 5.41) is 13.8. The number of nitrogens with zero attached hydrogens (tertiary/aromatic N) is 1. The van der Waals surface area contributed by atoms with Crippen LogP contribution in [0.3, 0.4) is 0 Å². The normalized spacial score (nSPS) is 11.2. The van der Waals surface area contributed by atoms with E-state index >= 15 is 0 Å². The summed E-state index contributed by atoms with van der Waals surface area (Å²) >= 11 is 0. The van der Waals surface area contributed by atoms with E-state index in [4.69, 9.17) is 9.47 Å². The van der Waals surface area contributed by atoms with Crippen LogP contribution >= 0.6 is 0 Å². The van der Waals surface area contributed by atoms with E-state index < -0.39 is 22.8 Å². The zero-order chi connectivity index (χ0) is 27.1. The molecule has 4 rings (SSSR count). The minimum absolute atomic E-state index is 0.153. The van der Waals surface area contributed by atoms with Crippen molar-refractivity contribution >= 4 is 29.0 Å². The molecule has 0 unspecified atom stereocenters. The number of carbonyl (C=O) groups is 3. The van der Waals surface area contributed by atoms with Crippen molar-refractivity contribution < 1.29 is 28.8 Å². The Kier molecular flexibility index (Phi) is 7.88. The molecule has 1 N–H and O–H groups in total. The highest BCUT2D eigenvalue weighted by Crippen LogP contribution is 2.26. The number of esters is 1. The van der Waals surface area contributed by atoms with E-state index in [1.807, 2.05) is 0 Å². The standard InChI is InChI=1S/C29H22N2O7/c1-37-25-17-11-21(12-18-25)28(33)30-23-13-7-22(8-14-23)29(34)38-27(26(32)19-5-3-2-4-6-19)20-9-15-24(16-10-20)31(35)36/h2-18,27H,1H3,(H,30,33)/t27-/m1/s1. The number of amides is 1. The number of methoxy groups -OCH3 is 1. The second-order valence-electron chi connectivity index (χ2n) is 8.12. The molecule has 0 aliphatic rings. The first-order valence-corrected chi connectivity index (χ1v) is 11.5. The molecular formula is C29H22N2O7. The number of non-ortho nitro benzene ring substituents is 1. The molecule has 0 radical (unpaired) electrons. The van der Waals surface area contributed by atoms with Gasteiger partial charge in [-0.15, -0.1) is 0 Å². The number of hydrogen-bond acceptors (Lipinski definition) is 7. The lowest BCUT2D eigenvalue weighted by Crippen LogP contribution is -2.20. The van der Waals surface area contributed by atoms with Crippen LogP contribution in [0.1, 0.15) is 42.7 Å². The number of hydrogen-bond donors (Lipinski definition) is 1. The highest BCUT2D eigenvalue weighted by molar-refractivity contribution is 6.05. The van der Waals surface area contributed by atoms with E-state index in [1.165, 1.54) is 55.6 Å². The molecular weight excluding hydrogens is 488 g/mol. The van der Waals surface area contributed by atoms with Gasteiger partial charge in [0.1, 0.15) is 5.75 Å². The highest BCUT2D eigenvalue weighted by atomic mass is 16.6. The number of rotatable bonds is 9. The molecule has 38 heavy (non-hydrogen) atoms. The van der Waals surface area contributed by atoms with Gasteiger partial charge in [0.25, 0.3) is 11.6 Å². The zero-order valence-corrected chi connectivity index (χ0v) is 20.2. The van der Waals surface area contributed by atoms with Crippen LogP contribution in [0.5, 0.6) is 5.75 Å². The van der Waals surface area contributed by atoms with Crippen molar-refractivity contribution in [2.75, 3.05) is 12.4 Å². The van der Waals surface area contributed by atoms with Crippen molar-refractivity contribution in [3.63, 3.8) is 0 Å². The molecule has 9 heteroatoms. The topological polar surface area (TPSA) is 125 Å². The number of ether oxygens (including phenoxy) is 2. The quantitative estimate of drug-likeness (QED) is 0.134. The Labute approximate surface area is 217 Å². The van der Waals surface area contributed by atoms with E-state index in [2.05, 4.69) is 5.32 Å². The lowest BCUT2D eigenvalue weighted by molar-refractivity contribution is -0.384. The fourth-order valence-electron chi connectivity index (χ4n) is 3.61. The first-order valence-electron chi connectivity index (χ1n) is 11.5. The van der Waals surface area contributed by atoms with Crippen LogP contribution in [0.4, 0.5) is 11.4 Å². The first kappa shape index (κ1) is 25.8. The van der Waals surface area contributed by atoms with Crippen LogP contribution in [-0.2, 0) is 4.74 Å². The Morgan fingerprint density at radius 2 is 1.37 bits per heavy atom. The van der Waals surface area contributed by atoms with Crippen LogP contribution in [0.2, 0.25) is 0 Å². The number of carbonyl (C=O) groups excluding carboxylic acids is 3. The van der Waals surface area contributed by atoms with Crippen LogP contribution in [-0.4, -0.2) is 29.7 Å². The van der Waals surface area contributed by atoms with Gasteiger partial charge in [0.15, 0.2) is 6.10 Å². The Hall–Kier alpha value is -5.31. The van der Waals surface area contributed by atoms with Crippen molar-refractivity contribution in [2.24, 2.45) is 0 Å². The molecule has 4 aromatic carbocycles. The van der Waals surface area contributed by atoms with Gasteiger partial charge in [-0.1, -0.05) is 30.3 Å². The van der Waals surface area contributed by atoms with Gasteiger partial charge in [0, 0.05) is 34.5 Å². The van der Waals surface area contributed by atoms with Gasteiger partial charge in [-0.25, -0.2) is 4.79 Å². The summed E-state index contributed by atoms with van der Waals surface area (Å²) in [5.41, 5.74) is 1.49. The summed E-state index contributed by atoms with van der Waals surface area (Å²) in [5.74, 6) is -0.960. The molecule has 0 aliphatic carbocycles. The van der Waals surface area contributed by atoms with Crippen molar-refractivity contribution in [2.45, 2.75) is 6.10 Å². The summed E-state index contributed by atoms with van der Waals surface area (Å²) in [4.78, 5) is 49.1. The number of benzene rings is 4. The van der Waals surface area contributed by atoms with E-state index in [9.17, 15) is 24.5 Å². The average Bonchev–Trinajstić information content (AvgIpc) is 2.96. The molecule has 4 aromatic rings. The Bertz CT molecular complexity index is 1450. The van der Waals surface area contributed by atoms with Crippen molar-refractivity contribution in [1.82, 2.24) is 0 Å². The third-order valence-electron chi connectivity index (χ3n) is 5.66. The van der Waals surface area contributed by atoms with Crippen molar-refractivity contribution in [3.05, 3.63) is 135 Å². The number of Topliss-reactive ketones (excluding diaryl/α,β-unsaturated/α-hetero) is 1. The number of ketones is 1. The smallest absolute Gasteiger partial charge is 0.339 e. The first-order chi connectivity index (χ1) is 18.4. The molecule has 0 saturated heterocycles. The van der Waals surface area contributed by atoms with Crippen LogP contribution < -0.4 is 10.1 Å². The largest absolute Gasteiger partial charge is 0.497 e. The second kappa shape index (κ2) is 11.6. The molecule has 1 atom stereocenters. The molecule has 0 spiro atoms. The van der Waals surface area contributed by atoms with Gasteiger partial charge in [0.05, 0.1) is 17.6 Å². The van der Waals surface area contributed by atoms with Crippen molar-refractivity contribution in [1.29, 1.82) is 0 Å².